The molecule has 0 N–H and O–H groups in total. The summed E-state index contributed by atoms with van der Waals surface area (Å²) >= 11 is 12.3. The van der Waals surface area contributed by atoms with Crippen molar-refractivity contribution in [2.45, 2.75) is 32.2 Å². The van der Waals surface area contributed by atoms with Crippen molar-refractivity contribution >= 4 is 38.9 Å². The molecule has 0 radical (unpaired) electrons. The normalized spacial score (nSPS) is 11.5. The SMILES string of the molecule is Cc1ccc(S(=O)(=O)N(Cc2ccc(Cl)cc2Cl)c2ccc(C)cc2C)cc1. The monoisotopic (exact) mass is 433 g/mol. The Kier molecular flexibility index (Phi) is 6.04. The molecule has 0 bridgehead atoms. The first-order chi connectivity index (χ1) is 13.2. The van der Waals surface area contributed by atoms with Crippen LogP contribution in [0.4, 0.5) is 5.69 Å². The molecule has 0 aliphatic heterocycles. The van der Waals surface area contributed by atoms with E-state index in [1.807, 2.05) is 39.0 Å². The first kappa shape index (κ1) is 20.7. The second-order valence-corrected chi connectivity index (χ2v) is 9.56. The number of hydrogen-bond donors (Lipinski definition) is 0. The van der Waals surface area contributed by atoms with Crippen molar-refractivity contribution in [3.63, 3.8) is 0 Å². The van der Waals surface area contributed by atoms with E-state index in [0.29, 0.717) is 21.3 Å². The van der Waals surface area contributed by atoms with Crippen LogP contribution in [0.15, 0.2) is 65.6 Å². The second-order valence-electron chi connectivity index (χ2n) is 6.85. The van der Waals surface area contributed by atoms with Gasteiger partial charge in [0.25, 0.3) is 10.0 Å². The van der Waals surface area contributed by atoms with E-state index in [0.717, 1.165) is 16.7 Å². The molecule has 0 unspecified atom stereocenters. The van der Waals surface area contributed by atoms with Crippen LogP contribution in [0.1, 0.15) is 22.3 Å². The summed E-state index contributed by atoms with van der Waals surface area (Å²) in [6.07, 6.45) is 0. The van der Waals surface area contributed by atoms with Crippen molar-refractivity contribution in [1.29, 1.82) is 0 Å². The zero-order valence-electron chi connectivity index (χ0n) is 15.9. The summed E-state index contributed by atoms with van der Waals surface area (Å²) in [5.74, 6) is 0. The molecule has 0 saturated carbocycles. The van der Waals surface area contributed by atoms with Crippen LogP contribution in [0.2, 0.25) is 10.0 Å². The Morgan fingerprint density at radius 2 is 1.46 bits per heavy atom. The maximum atomic E-state index is 13.5. The summed E-state index contributed by atoms with van der Waals surface area (Å²) in [6, 6.07) is 17.6. The van der Waals surface area contributed by atoms with Crippen LogP contribution >= 0.6 is 23.2 Å². The van der Waals surface area contributed by atoms with E-state index in [1.54, 1.807) is 42.5 Å². The topological polar surface area (TPSA) is 37.4 Å². The second kappa shape index (κ2) is 8.16. The molecule has 0 saturated heterocycles. The lowest BCUT2D eigenvalue weighted by Gasteiger charge is -2.27. The first-order valence-electron chi connectivity index (χ1n) is 8.79. The Labute approximate surface area is 176 Å². The van der Waals surface area contributed by atoms with Gasteiger partial charge in [-0.1, -0.05) is 64.7 Å². The van der Waals surface area contributed by atoms with Crippen molar-refractivity contribution in [2.24, 2.45) is 0 Å². The average Bonchev–Trinajstić information content (AvgIpc) is 2.62. The number of halogens is 2. The maximum Gasteiger partial charge on any atom is 0.264 e. The molecular formula is C22H21Cl2NO2S. The van der Waals surface area contributed by atoms with Gasteiger partial charge in [0, 0.05) is 10.0 Å². The number of sulfonamides is 1. The lowest BCUT2D eigenvalue weighted by molar-refractivity contribution is 0.590. The molecule has 0 aromatic heterocycles. The molecule has 0 heterocycles. The van der Waals surface area contributed by atoms with Crippen LogP contribution in [-0.2, 0) is 16.6 Å². The highest BCUT2D eigenvalue weighted by Crippen LogP contribution is 2.31. The molecule has 0 amide bonds. The van der Waals surface area contributed by atoms with Crippen LogP contribution in [0.25, 0.3) is 0 Å². The van der Waals surface area contributed by atoms with E-state index in [9.17, 15) is 8.42 Å². The highest BCUT2D eigenvalue weighted by Gasteiger charge is 2.27. The van der Waals surface area contributed by atoms with E-state index < -0.39 is 10.0 Å². The van der Waals surface area contributed by atoms with Gasteiger partial charge in [0.05, 0.1) is 17.1 Å². The molecular weight excluding hydrogens is 413 g/mol. The first-order valence-corrected chi connectivity index (χ1v) is 11.0. The molecule has 0 fully saturated rings. The lowest BCUT2D eigenvalue weighted by Crippen LogP contribution is -2.31. The third-order valence-corrected chi connectivity index (χ3v) is 6.92. The van der Waals surface area contributed by atoms with Crippen molar-refractivity contribution < 1.29 is 8.42 Å². The minimum absolute atomic E-state index is 0.107. The summed E-state index contributed by atoms with van der Waals surface area (Å²) in [4.78, 5) is 0.239. The average molecular weight is 434 g/mol. The number of hydrogen-bond acceptors (Lipinski definition) is 2. The van der Waals surface area contributed by atoms with Gasteiger partial charge in [-0.05, 0) is 62.2 Å². The molecule has 0 aliphatic carbocycles. The van der Waals surface area contributed by atoms with Gasteiger partial charge in [-0.2, -0.15) is 0 Å². The fraction of sp³-hybridized carbons (Fsp3) is 0.182. The highest BCUT2D eigenvalue weighted by atomic mass is 35.5. The van der Waals surface area contributed by atoms with Crippen molar-refractivity contribution in [3.8, 4) is 0 Å². The summed E-state index contributed by atoms with van der Waals surface area (Å²) in [5, 5.41) is 0.939. The Bertz CT molecular complexity index is 1110. The third kappa shape index (κ3) is 4.35. The van der Waals surface area contributed by atoms with Crippen LogP contribution < -0.4 is 4.31 Å². The van der Waals surface area contributed by atoms with Crippen molar-refractivity contribution in [1.82, 2.24) is 0 Å². The maximum absolute atomic E-state index is 13.5. The Morgan fingerprint density at radius 3 is 2.07 bits per heavy atom. The van der Waals surface area contributed by atoms with Gasteiger partial charge in [0.15, 0.2) is 0 Å². The number of aryl methyl sites for hydroxylation is 3. The van der Waals surface area contributed by atoms with Gasteiger partial charge in [0.2, 0.25) is 0 Å². The molecule has 3 nitrogen and oxygen atoms in total. The van der Waals surface area contributed by atoms with E-state index >= 15 is 0 Å². The van der Waals surface area contributed by atoms with Crippen LogP contribution in [0.3, 0.4) is 0 Å². The fourth-order valence-corrected chi connectivity index (χ4v) is 5.00. The molecule has 146 valence electrons. The predicted molar refractivity (Wildman–Crippen MR) is 117 cm³/mol. The predicted octanol–water partition coefficient (Wildman–Crippen LogP) is 6.31. The highest BCUT2D eigenvalue weighted by molar-refractivity contribution is 7.92. The standard InChI is InChI=1S/C22H21Cl2NO2S/c1-15-4-9-20(10-5-15)28(26,27)25(22-11-6-16(2)12-17(22)3)14-18-7-8-19(23)13-21(18)24/h4-13H,14H2,1-3H3. The summed E-state index contributed by atoms with van der Waals surface area (Å²) in [7, 11) is -3.79. The number of benzene rings is 3. The Hall–Kier alpha value is -2.01. The van der Waals surface area contributed by atoms with E-state index in [4.69, 9.17) is 23.2 Å². The number of anilines is 1. The van der Waals surface area contributed by atoms with Gasteiger partial charge in [-0.25, -0.2) is 8.42 Å². The number of nitrogens with zero attached hydrogens (tertiary/aromatic N) is 1. The molecule has 0 spiro atoms. The van der Waals surface area contributed by atoms with Crippen LogP contribution in [-0.4, -0.2) is 8.42 Å². The molecule has 0 aliphatic rings. The Morgan fingerprint density at radius 1 is 0.821 bits per heavy atom. The molecule has 0 atom stereocenters. The van der Waals surface area contributed by atoms with Gasteiger partial charge < -0.3 is 0 Å². The smallest absolute Gasteiger partial charge is 0.262 e. The zero-order valence-corrected chi connectivity index (χ0v) is 18.2. The van der Waals surface area contributed by atoms with Gasteiger partial charge >= 0.3 is 0 Å². The lowest BCUT2D eigenvalue weighted by atomic mass is 10.1. The van der Waals surface area contributed by atoms with Crippen molar-refractivity contribution in [3.05, 3.63) is 93.0 Å². The molecule has 3 aromatic rings. The summed E-state index contributed by atoms with van der Waals surface area (Å²) in [5.41, 5.74) is 4.25. The zero-order chi connectivity index (χ0) is 20.5. The van der Waals surface area contributed by atoms with Gasteiger partial charge in [-0.15, -0.1) is 0 Å². The van der Waals surface area contributed by atoms with E-state index in [-0.39, 0.29) is 11.4 Å². The quantitative estimate of drug-likeness (QED) is 0.472. The molecule has 3 aromatic carbocycles. The van der Waals surface area contributed by atoms with E-state index in [2.05, 4.69) is 0 Å². The van der Waals surface area contributed by atoms with Gasteiger partial charge in [0.1, 0.15) is 0 Å². The summed E-state index contributed by atoms with van der Waals surface area (Å²) < 4.78 is 28.4. The molecule has 3 rings (SSSR count). The minimum Gasteiger partial charge on any atom is -0.262 e. The minimum atomic E-state index is -3.79. The van der Waals surface area contributed by atoms with Gasteiger partial charge in [-0.3, -0.25) is 4.31 Å². The Balaban J connectivity index is 2.14. The molecule has 6 heteroatoms. The third-order valence-electron chi connectivity index (χ3n) is 4.56. The fourth-order valence-electron chi connectivity index (χ4n) is 3.03. The number of rotatable bonds is 5. The summed E-state index contributed by atoms with van der Waals surface area (Å²) in [6.45, 7) is 5.91. The van der Waals surface area contributed by atoms with Crippen LogP contribution in [0, 0.1) is 20.8 Å². The van der Waals surface area contributed by atoms with Crippen LogP contribution in [0.5, 0.6) is 0 Å². The van der Waals surface area contributed by atoms with E-state index in [1.165, 1.54) is 4.31 Å². The van der Waals surface area contributed by atoms with Crippen molar-refractivity contribution in [2.75, 3.05) is 4.31 Å². The largest absolute Gasteiger partial charge is 0.264 e. The molecule has 28 heavy (non-hydrogen) atoms.